The minimum atomic E-state index is -4.84. The first-order chi connectivity index (χ1) is 15.1. The second kappa shape index (κ2) is 6.07. The summed E-state index contributed by atoms with van der Waals surface area (Å²) < 4.78 is 46.2. The molecule has 10 heteroatoms. The SMILES string of the molecule is N#CC1=C(N)OC2=C(C(=O)c3ccccc3C2=O)[C@@]12C(=O)Nc1c(C(F)(F)F)cccc12. The zero-order valence-corrected chi connectivity index (χ0v) is 15.8. The van der Waals surface area contributed by atoms with Crippen molar-refractivity contribution in [2.24, 2.45) is 5.73 Å². The van der Waals surface area contributed by atoms with Crippen LogP contribution >= 0.6 is 0 Å². The molecule has 0 radical (unpaired) electrons. The molecular weight excluding hydrogens is 427 g/mol. The molecule has 0 saturated carbocycles. The van der Waals surface area contributed by atoms with Crippen molar-refractivity contribution < 1.29 is 32.3 Å². The van der Waals surface area contributed by atoms with Gasteiger partial charge in [0.25, 0.3) is 0 Å². The third-order valence-corrected chi connectivity index (χ3v) is 5.75. The van der Waals surface area contributed by atoms with Gasteiger partial charge in [0, 0.05) is 16.7 Å². The molecule has 2 aromatic carbocycles. The first kappa shape index (κ1) is 19.6. The molecule has 3 aliphatic rings. The number of rotatable bonds is 0. The number of benzene rings is 2. The number of carbonyl (C=O) groups excluding carboxylic acids is 3. The number of para-hydroxylation sites is 1. The smallest absolute Gasteiger partial charge is 0.418 e. The number of nitrogens with zero attached hydrogens (tertiary/aromatic N) is 1. The second-order valence-electron chi connectivity index (χ2n) is 7.29. The fraction of sp³-hybridized carbons (Fsp3) is 0.0909. The van der Waals surface area contributed by atoms with Gasteiger partial charge in [0.05, 0.1) is 16.8 Å². The molecule has 5 rings (SSSR count). The van der Waals surface area contributed by atoms with Crippen LogP contribution in [0.3, 0.4) is 0 Å². The Morgan fingerprint density at radius 3 is 2.28 bits per heavy atom. The van der Waals surface area contributed by atoms with Gasteiger partial charge < -0.3 is 15.8 Å². The summed E-state index contributed by atoms with van der Waals surface area (Å²) in [5.74, 6) is -3.95. The number of halogens is 3. The number of amides is 1. The van der Waals surface area contributed by atoms with Gasteiger partial charge in [-0.25, -0.2) is 0 Å². The third-order valence-electron chi connectivity index (χ3n) is 5.75. The normalized spacial score (nSPS) is 21.6. The topological polar surface area (TPSA) is 122 Å². The molecule has 1 atom stereocenters. The van der Waals surface area contributed by atoms with Gasteiger partial charge in [0.2, 0.25) is 17.6 Å². The lowest BCUT2D eigenvalue weighted by Gasteiger charge is -2.36. The van der Waals surface area contributed by atoms with E-state index in [1.165, 1.54) is 30.3 Å². The molecule has 7 nitrogen and oxygen atoms in total. The molecule has 0 fully saturated rings. The Morgan fingerprint density at radius 1 is 1.00 bits per heavy atom. The predicted octanol–water partition coefficient (Wildman–Crippen LogP) is 2.95. The third kappa shape index (κ3) is 2.17. The molecule has 3 N–H and O–H groups in total. The molecular formula is C22H10F3N3O4. The van der Waals surface area contributed by atoms with E-state index in [0.717, 1.165) is 12.1 Å². The number of Topliss-reactive ketones (excluding diaryl/α,β-unsaturated/α-hetero) is 2. The molecule has 1 spiro atoms. The molecule has 0 bridgehead atoms. The fourth-order valence-electron chi connectivity index (χ4n) is 4.46. The molecule has 158 valence electrons. The summed E-state index contributed by atoms with van der Waals surface area (Å²) in [5, 5.41) is 12.0. The van der Waals surface area contributed by atoms with Gasteiger partial charge in [-0.15, -0.1) is 0 Å². The number of hydrogen-bond acceptors (Lipinski definition) is 6. The molecule has 0 aromatic heterocycles. The first-order valence-electron chi connectivity index (χ1n) is 9.17. The fourth-order valence-corrected chi connectivity index (χ4v) is 4.46. The van der Waals surface area contributed by atoms with Crippen molar-refractivity contribution in [3.05, 3.63) is 87.5 Å². The van der Waals surface area contributed by atoms with Crippen molar-refractivity contribution in [2.75, 3.05) is 5.32 Å². The Labute approximate surface area is 177 Å². The maximum Gasteiger partial charge on any atom is 0.418 e. The van der Waals surface area contributed by atoms with Gasteiger partial charge in [-0.1, -0.05) is 36.4 Å². The number of fused-ring (bicyclic) bond motifs is 4. The Kier molecular flexibility index (Phi) is 3.71. The van der Waals surface area contributed by atoms with Crippen LogP contribution in [0, 0.1) is 11.3 Å². The molecule has 2 aromatic rings. The molecule has 2 heterocycles. The zero-order valence-electron chi connectivity index (χ0n) is 15.8. The van der Waals surface area contributed by atoms with E-state index < -0.39 is 63.1 Å². The van der Waals surface area contributed by atoms with Crippen molar-refractivity contribution in [1.29, 1.82) is 5.26 Å². The van der Waals surface area contributed by atoms with Crippen molar-refractivity contribution in [1.82, 2.24) is 0 Å². The quantitative estimate of drug-likeness (QED) is 0.654. The number of ketones is 2. The number of anilines is 1. The summed E-state index contributed by atoms with van der Waals surface area (Å²) in [6.07, 6.45) is -4.84. The zero-order chi connectivity index (χ0) is 23.0. The Balaban J connectivity index is 1.91. The average Bonchev–Trinajstić information content (AvgIpc) is 3.03. The number of ether oxygens (including phenoxy) is 1. The highest BCUT2D eigenvalue weighted by Gasteiger charge is 2.62. The van der Waals surface area contributed by atoms with E-state index in [4.69, 9.17) is 10.5 Å². The molecule has 2 aliphatic heterocycles. The molecule has 0 unspecified atom stereocenters. The maximum absolute atomic E-state index is 13.6. The summed E-state index contributed by atoms with van der Waals surface area (Å²) in [6.45, 7) is 0. The van der Waals surface area contributed by atoms with E-state index in [9.17, 15) is 32.8 Å². The van der Waals surface area contributed by atoms with E-state index in [1.54, 1.807) is 6.07 Å². The number of allylic oxidation sites excluding steroid dienone is 1. The van der Waals surface area contributed by atoms with Crippen LogP contribution in [-0.2, 0) is 21.1 Å². The minimum absolute atomic E-state index is 0.0118. The lowest BCUT2D eigenvalue weighted by molar-refractivity contribution is -0.136. The standard InChI is InChI=1S/C22H10F3N3O4/c23-22(24,25)12-7-3-6-11-15(12)28-20(31)21(11)13(8-26)19(27)32-18-14(21)16(29)9-4-1-2-5-10(9)17(18)30/h1-7H,27H2,(H,28,31)/t21-/m0/s1. The van der Waals surface area contributed by atoms with E-state index in [1.807, 2.05) is 0 Å². The van der Waals surface area contributed by atoms with Crippen LogP contribution in [-0.4, -0.2) is 17.5 Å². The second-order valence-corrected chi connectivity index (χ2v) is 7.29. The highest BCUT2D eigenvalue weighted by atomic mass is 19.4. The van der Waals surface area contributed by atoms with Gasteiger partial charge >= 0.3 is 6.18 Å². The largest absolute Gasteiger partial charge is 0.436 e. The van der Waals surface area contributed by atoms with Gasteiger partial charge in [0.15, 0.2) is 11.5 Å². The van der Waals surface area contributed by atoms with E-state index in [0.29, 0.717) is 0 Å². The Bertz CT molecular complexity index is 1400. The van der Waals surface area contributed by atoms with Crippen LogP contribution in [0.15, 0.2) is 65.3 Å². The summed E-state index contributed by atoms with van der Waals surface area (Å²) in [5.41, 5.74) is 0.201. The van der Waals surface area contributed by atoms with Gasteiger partial charge in [0.1, 0.15) is 17.1 Å². The van der Waals surface area contributed by atoms with Gasteiger partial charge in [-0.3, -0.25) is 14.4 Å². The van der Waals surface area contributed by atoms with Crippen LogP contribution in [0.4, 0.5) is 18.9 Å². The lowest BCUT2D eigenvalue weighted by Crippen LogP contribution is -2.47. The Morgan fingerprint density at radius 2 is 1.66 bits per heavy atom. The number of alkyl halides is 3. The van der Waals surface area contributed by atoms with Crippen molar-refractivity contribution in [3.63, 3.8) is 0 Å². The maximum atomic E-state index is 13.6. The number of carbonyl (C=O) groups is 3. The van der Waals surface area contributed by atoms with E-state index in [-0.39, 0.29) is 16.7 Å². The van der Waals surface area contributed by atoms with Gasteiger partial charge in [-0.05, 0) is 6.07 Å². The number of nitrogens with two attached hydrogens (primary N) is 1. The van der Waals surface area contributed by atoms with Crippen molar-refractivity contribution in [2.45, 2.75) is 11.6 Å². The lowest BCUT2D eigenvalue weighted by atomic mass is 9.64. The van der Waals surface area contributed by atoms with Gasteiger partial charge in [-0.2, -0.15) is 18.4 Å². The van der Waals surface area contributed by atoms with Crippen LogP contribution in [0.25, 0.3) is 0 Å². The predicted molar refractivity (Wildman–Crippen MR) is 102 cm³/mol. The van der Waals surface area contributed by atoms with Crippen molar-refractivity contribution in [3.8, 4) is 6.07 Å². The minimum Gasteiger partial charge on any atom is -0.436 e. The summed E-state index contributed by atoms with van der Waals surface area (Å²) in [6, 6.07) is 10.4. The van der Waals surface area contributed by atoms with Crippen LogP contribution in [0.5, 0.6) is 0 Å². The molecule has 0 saturated heterocycles. The summed E-state index contributed by atoms with van der Waals surface area (Å²) >= 11 is 0. The monoisotopic (exact) mass is 437 g/mol. The Hall–Kier alpha value is -4.39. The highest BCUT2D eigenvalue weighted by molar-refractivity contribution is 6.31. The van der Waals surface area contributed by atoms with Crippen LogP contribution < -0.4 is 11.1 Å². The number of hydrogen-bond donors (Lipinski definition) is 2. The van der Waals surface area contributed by atoms with E-state index in [2.05, 4.69) is 5.32 Å². The number of nitriles is 1. The highest BCUT2D eigenvalue weighted by Crippen LogP contribution is 2.56. The molecule has 1 amide bonds. The van der Waals surface area contributed by atoms with E-state index >= 15 is 0 Å². The van der Waals surface area contributed by atoms with Crippen LogP contribution in [0.1, 0.15) is 31.8 Å². The summed E-state index contributed by atoms with van der Waals surface area (Å²) in [4.78, 5) is 40.0. The number of nitrogens with one attached hydrogen (secondary N) is 1. The van der Waals surface area contributed by atoms with Crippen molar-refractivity contribution >= 4 is 23.2 Å². The average molecular weight is 437 g/mol. The molecule has 32 heavy (non-hydrogen) atoms. The molecule has 1 aliphatic carbocycles. The summed E-state index contributed by atoms with van der Waals surface area (Å²) in [7, 11) is 0. The first-order valence-corrected chi connectivity index (χ1v) is 9.17. The van der Waals surface area contributed by atoms with Crippen LogP contribution in [0.2, 0.25) is 0 Å².